The molecule has 0 saturated carbocycles. The number of halogens is 1. The molecule has 23 heavy (non-hydrogen) atoms. The fourth-order valence-corrected chi connectivity index (χ4v) is 4.01. The average molecular weight is 372 g/mol. The van der Waals surface area contributed by atoms with E-state index in [0.717, 1.165) is 22.0 Å². The van der Waals surface area contributed by atoms with Crippen LogP contribution in [0, 0.1) is 11.8 Å². The van der Waals surface area contributed by atoms with Crippen molar-refractivity contribution in [2.24, 2.45) is 11.8 Å². The smallest absolute Gasteiger partial charge is 0.195 e. The SMILES string of the molecule is CC(C)[C@H](C=O)[C@@]1(c2ccccc2Br)Nc2ccccc2C1=O. The second kappa shape index (κ2) is 5.93. The van der Waals surface area contributed by atoms with Crippen LogP contribution in [0.15, 0.2) is 53.0 Å². The zero-order chi connectivity index (χ0) is 16.6. The van der Waals surface area contributed by atoms with E-state index in [2.05, 4.69) is 21.2 Å². The first kappa shape index (κ1) is 15.9. The molecule has 0 saturated heterocycles. The molecule has 1 N–H and O–H groups in total. The Hall–Kier alpha value is -1.94. The number of nitrogens with one attached hydrogen (secondary N) is 1. The van der Waals surface area contributed by atoms with Gasteiger partial charge in [0.1, 0.15) is 11.8 Å². The largest absolute Gasteiger partial charge is 0.368 e. The summed E-state index contributed by atoms with van der Waals surface area (Å²) < 4.78 is 0.821. The molecule has 1 aliphatic heterocycles. The first-order valence-electron chi connectivity index (χ1n) is 7.64. The van der Waals surface area contributed by atoms with Gasteiger partial charge in [-0.2, -0.15) is 0 Å². The van der Waals surface area contributed by atoms with Crippen LogP contribution in [0.1, 0.15) is 29.8 Å². The third-order valence-electron chi connectivity index (χ3n) is 4.53. The van der Waals surface area contributed by atoms with Crippen molar-refractivity contribution in [2.75, 3.05) is 5.32 Å². The predicted molar refractivity (Wildman–Crippen MR) is 94.6 cm³/mol. The van der Waals surface area contributed by atoms with Crippen LogP contribution in [-0.2, 0) is 10.3 Å². The summed E-state index contributed by atoms with van der Waals surface area (Å²) in [6.45, 7) is 3.94. The van der Waals surface area contributed by atoms with Crippen LogP contribution < -0.4 is 5.32 Å². The molecule has 2 atom stereocenters. The number of para-hydroxylation sites is 1. The Morgan fingerprint density at radius 2 is 1.74 bits per heavy atom. The van der Waals surface area contributed by atoms with Crippen LogP contribution in [0.4, 0.5) is 5.69 Å². The van der Waals surface area contributed by atoms with Crippen molar-refractivity contribution in [1.82, 2.24) is 0 Å². The number of carbonyl (C=O) groups is 2. The normalized spacial score (nSPS) is 21.0. The lowest BCUT2D eigenvalue weighted by molar-refractivity contribution is -0.113. The Balaban J connectivity index is 2.28. The lowest BCUT2D eigenvalue weighted by Crippen LogP contribution is -2.49. The maximum atomic E-state index is 13.3. The molecule has 1 aliphatic rings. The molecule has 118 valence electrons. The summed E-state index contributed by atoms with van der Waals surface area (Å²) in [7, 11) is 0. The van der Waals surface area contributed by atoms with Gasteiger partial charge in [-0.3, -0.25) is 4.79 Å². The molecule has 0 aromatic heterocycles. The molecule has 0 radical (unpaired) electrons. The van der Waals surface area contributed by atoms with Gasteiger partial charge in [-0.1, -0.05) is 60.1 Å². The monoisotopic (exact) mass is 371 g/mol. The van der Waals surface area contributed by atoms with Crippen molar-refractivity contribution in [1.29, 1.82) is 0 Å². The molecular formula is C19H18BrNO2. The zero-order valence-electron chi connectivity index (χ0n) is 13.0. The molecule has 0 spiro atoms. The number of ketones is 1. The predicted octanol–water partition coefficient (Wildman–Crippen LogP) is 4.42. The first-order chi connectivity index (χ1) is 11.0. The Kier molecular flexibility index (Phi) is 4.11. The van der Waals surface area contributed by atoms with E-state index in [9.17, 15) is 9.59 Å². The average Bonchev–Trinajstić information content (AvgIpc) is 2.82. The minimum Gasteiger partial charge on any atom is -0.368 e. The molecule has 3 nitrogen and oxygen atoms in total. The highest BCUT2D eigenvalue weighted by atomic mass is 79.9. The van der Waals surface area contributed by atoms with Gasteiger partial charge in [0.2, 0.25) is 0 Å². The van der Waals surface area contributed by atoms with Crippen molar-refractivity contribution in [3.8, 4) is 0 Å². The lowest BCUT2D eigenvalue weighted by Gasteiger charge is -2.37. The highest BCUT2D eigenvalue weighted by molar-refractivity contribution is 9.10. The van der Waals surface area contributed by atoms with Gasteiger partial charge in [0.05, 0.1) is 5.92 Å². The number of fused-ring (bicyclic) bond motifs is 1. The number of hydrogen-bond donors (Lipinski definition) is 1. The van der Waals surface area contributed by atoms with Crippen molar-refractivity contribution in [2.45, 2.75) is 19.4 Å². The molecule has 1 heterocycles. The van der Waals surface area contributed by atoms with Crippen LogP contribution >= 0.6 is 15.9 Å². The van der Waals surface area contributed by atoms with E-state index in [1.165, 1.54) is 0 Å². The summed E-state index contributed by atoms with van der Waals surface area (Å²) in [5.74, 6) is -0.503. The summed E-state index contributed by atoms with van der Waals surface area (Å²) in [6, 6.07) is 15.0. The van der Waals surface area contributed by atoms with Gasteiger partial charge in [0.15, 0.2) is 5.78 Å². The van der Waals surface area contributed by atoms with E-state index >= 15 is 0 Å². The fraction of sp³-hybridized carbons (Fsp3) is 0.263. The quantitative estimate of drug-likeness (QED) is 0.808. The third-order valence-corrected chi connectivity index (χ3v) is 5.22. The number of benzene rings is 2. The Morgan fingerprint density at radius 1 is 1.09 bits per heavy atom. The second-order valence-electron chi connectivity index (χ2n) is 6.19. The maximum Gasteiger partial charge on any atom is 0.195 e. The fourth-order valence-electron chi connectivity index (χ4n) is 3.42. The van der Waals surface area contributed by atoms with Gasteiger partial charge in [-0.15, -0.1) is 0 Å². The number of hydrogen-bond acceptors (Lipinski definition) is 3. The number of rotatable bonds is 4. The lowest BCUT2D eigenvalue weighted by atomic mass is 9.71. The molecule has 4 heteroatoms. The minimum atomic E-state index is -1.07. The van der Waals surface area contributed by atoms with Crippen LogP contribution in [0.25, 0.3) is 0 Å². The summed E-state index contributed by atoms with van der Waals surface area (Å²) in [5, 5.41) is 3.38. The molecule has 2 aromatic carbocycles. The van der Waals surface area contributed by atoms with Gasteiger partial charge >= 0.3 is 0 Å². The van der Waals surface area contributed by atoms with Gasteiger partial charge in [-0.25, -0.2) is 0 Å². The van der Waals surface area contributed by atoms with Crippen molar-refractivity contribution in [3.05, 3.63) is 64.1 Å². The van der Waals surface area contributed by atoms with Crippen LogP contribution in [0.3, 0.4) is 0 Å². The van der Waals surface area contributed by atoms with E-state index < -0.39 is 11.5 Å². The van der Waals surface area contributed by atoms with Gasteiger partial charge in [0.25, 0.3) is 0 Å². The zero-order valence-corrected chi connectivity index (χ0v) is 14.6. The highest BCUT2D eigenvalue weighted by Crippen LogP contribution is 2.47. The van der Waals surface area contributed by atoms with E-state index in [1.54, 1.807) is 0 Å². The Labute approximate surface area is 144 Å². The standard InChI is InChI=1S/C19H18BrNO2/c1-12(2)15(11-22)19(14-8-4-5-9-16(14)20)18(23)13-7-3-6-10-17(13)21-19/h3-12,15,21H,1-2H3/t15-,19+/m0/s1. The summed E-state index contributed by atoms with van der Waals surface area (Å²) in [6.07, 6.45) is 0.904. The number of Topliss-reactive ketones (excluding diaryl/α,β-unsaturated/α-hetero) is 1. The van der Waals surface area contributed by atoms with E-state index in [4.69, 9.17) is 0 Å². The van der Waals surface area contributed by atoms with E-state index in [0.29, 0.717) is 5.56 Å². The number of carbonyl (C=O) groups excluding carboxylic acids is 2. The van der Waals surface area contributed by atoms with Crippen molar-refractivity contribution in [3.63, 3.8) is 0 Å². The third kappa shape index (κ3) is 2.32. The van der Waals surface area contributed by atoms with E-state index in [1.807, 2.05) is 62.4 Å². The molecule has 0 bridgehead atoms. The number of aldehydes is 1. The van der Waals surface area contributed by atoms with E-state index in [-0.39, 0.29) is 11.7 Å². The van der Waals surface area contributed by atoms with Gasteiger partial charge < -0.3 is 10.1 Å². The topological polar surface area (TPSA) is 46.2 Å². The van der Waals surface area contributed by atoms with Gasteiger partial charge in [-0.05, 0) is 24.1 Å². The Morgan fingerprint density at radius 3 is 2.35 bits per heavy atom. The second-order valence-corrected chi connectivity index (χ2v) is 7.05. The molecule has 0 unspecified atom stereocenters. The maximum absolute atomic E-state index is 13.3. The minimum absolute atomic E-state index is 0.0189. The van der Waals surface area contributed by atoms with Crippen LogP contribution in [0.2, 0.25) is 0 Å². The van der Waals surface area contributed by atoms with Gasteiger partial charge in [0, 0.05) is 21.3 Å². The Bertz CT molecular complexity index is 771. The first-order valence-corrected chi connectivity index (χ1v) is 8.44. The highest BCUT2D eigenvalue weighted by Gasteiger charge is 2.53. The molecule has 0 amide bonds. The van der Waals surface area contributed by atoms with Crippen LogP contribution in [0.5, 0.6) is 0 Å². The van der Waals surface area contributed by atoms with Crippen molar-refractivity contribution < 1.29 is 9.59 Å². The number of anilines is 1. The molecule has 3 rings (SSSR count). The summed E-state index contributed by atoms with van der Waals surface area (Å²) >= 11 is 3.55. The van der Waals surface area contributed by atoms with Crippen LogP contribution in [-0.4, -0.2) is 12.1 Å². The van der Waals surface area contributed by atoms with Crippen molar-refractivity contribution >= 4 is 33.7 Å². The molecule has 0 aliphatic carbocycles. The molecule has 2 aromatic rings. The molecular weight excluding hydrogens is 354 g/mol. The summed E-state index contributed by atoms with van der Waals surface area (Å²) in [5.41, 5.74) is 1.14. The summed E-state index contributed by atoms with van der Waals surface area (Å²) in [4.78, 5) is 25.2. The molecule has 0 fully saturated rings.